The van der Waals surface area contributed by atoms with Crippen LogP contribution in [0.15, 0.2) is 29.3 Å². The molecule has 7 nitrogen and oxygen atoms in total. The zero-order valence-corrected chi connectivity index (χ0v) is 13.6. The van der Waals surface area contributed by atoms with Crippen LogP contribution in [0.1, 0.15) is 31.0 Å². The fourth-order valence-electron chi connectivity index (χ4n) is 2.63. The van der Waals surface area contributed by atoms with Gasteiger partial charge in [-0.1, -0.05) is 13.3 Å². The molecule has 2 aromatic heterocycles. The fraction of sp³-hybridized carbons (Fsp3) is 0.412. The first kappa shape index (κ1) is 16.2. The number of hydrogen-bond donors (Lipinski definition) is 1. The number of pyridine rings is 1. The summed E-state index contributed by atoms with van der Waals surface area (Å²) in [5.41, 5.74) is 1.84. The molecule has 0 bridgehead atoms. The van der Waals surface area contributed by atoms with E-state index in [2.05, 4.69) is 15.0 Å². The van der Waals surface area contributed by atoms with E-state index in [1.54, 1.807) is 23.4 Å². The highest BCUT2D eigenvalue weighted by molar-refractivity contribution is 5.68. The Morgan fingerprint density at radius 1 is 1.46 bits per heavy atom. The van der Waals surface area contributed by atoms with Crippen LogP contribution in [-0.4, -0.2) is 39.1 Å². The Kier molecular flexibility index (Phi) is 4.88. The topological polar surface area (TPSA) is 88.2 Å². The molecule has 0 saturated heterocycles. The molecule has 126 valence electrons. The molecule has 0 aromatic carbocycles. The van der Waals surface area contributed by atoms with Crippen LogP contribution in [0.3, 0.4) is 0 Å². The largest absolute Gasteiger partial charge is 0.449 e. The number of aromatic amines is 1. The first-order chi connectivity index (χ1) is 11.7. The molecule has 24 heavy (non-hydrogen) atoms. The highest BCUT2D eigenvalue weighted by Gasteiger charge is 2.25. The van der Waals surface area contributed by atoms with Crippen molar-refractivity contribution < 1.29 is 9.53 Å². The Balaban J connectivity index is 1.81. The Labute approximate surface area is 139 Å². The van der Waals surface area contributed by atoms with Crippen LogP contribution in [-0.2, 0) is 17.7 Å². The van der Waals surface area contributed by atoms with Crippen LogP contribution >= 0.6 is 0 Å². The number of H-pyrrole nitrogens is 1. The fourth-order valence-corrected chi connectivity index (χ4v) is 2.63. The molecule has 1 N–H and O–H groups in total. The van der Waals surface area contributed by atoms with Gasteiger partial charge in [-0.2, -0.15) is 0 Å². The first-order valence-corrected chi connectivity index (χ1v) is 8.13. The van der Waals surface area contributed by atoms with Gasteiger partial charge >= 0.3 is 6.09 Å². The maximum atomic E-state index is 12.3. The van der Waals surface area contributed by atoms with Gasteiger partial charge in [0.05, 0.1) is 18.8 Å². The summed E-state index contributed by atoms with van der Waals surface area (Å²) in [4.78, 5) is 37.4. The lowest BCUT2D eigenvalue weighted by molar-refractivity contribution is 0.0959. The summed E-state index contributed by atoms with van der Waals surface area (Å²) in [6, 6.07) is 3.61. The molecule has 3 heterocycles. The van der Waals surface area contributed by atoms with Crippen LogP contribution in [0.2, 0.25) is 0 Å². The third-order valence-corrected chi connectivity index (χ3v) is 3.99. The summed E-state index contributed by atoms with van der Waals surface area (Å²) in [6.45, 7) is 3.22. The van der Waals surface area contributed by atoms with E-state index in [4.69, 9.17) is 4.74 Å². The molecule has 0 atom stereocenters. The van der Waals surface area contributed by atoms with Gasteiger partial charge in [0.25, 0.3) is 5.56 Å². The Hall–Kier alpha value is -2.70. The van der Waals surface area contributed by atoms with Gasteiger partial charge in [-0.3, -0.25) is 9.78 Å². The average molecular weight is 328 g/mol. The second-order valence-electron chi connectivity index (χ2n) is 5.72. The number of amides is 1. The second-order valence-corrected chi connectivity index (χ2v) is 5.72. The Bertz CT molecular complexity index is 773. The maximum Gasteiger partial charge on any atom is 0.410 e. The molecule has 1 aliphatic rings. The van der Waals surface area contributed by atoms with Crippen molar-refractivity contribution >= 4 is 6.09 Å². The van der Waals surface area contributed by atoms with Crippen LogP contribution in [0.25, 0.3) is 11.4 Å². The third-order valence-electron chi connectivity index (χ3n) is 3.99. The van der Waals surface area contributed by atoms with E-state index >= 15 is 0 Å². The highest BCUT2D eigenvalue weighted by Crippen LogP contribution is 2.18. The normalized spacial score (nSPS) is 13.5. The smallest absolute Gasteiger partial charge is 0.410 e. The summed E-state index contributed by atoms with van der Waals surface area (Å²) in [5.74, 6) is 0.466. The number of nitrogens with zero attached hydrogens (tertiary/aromatic N) is 3. The molecule has 3 rings (SSSR count). The molecular formula is C17H20N4O3. The van der Waals surface area contributed by atoms with Crippen LogP contribution < -0.4 is 5.56 Å². The second kappa shape index (κ2) is 7.25. The molecule has 0 saturated carbocycles. The predicted molar refractivity (Wildman–Crippen MR) is 88.5 cm³/mol. The van der Waals surface area contributed by atoms with E-state index in [-0.39, 0.29) is 18.2 Å². The van der Waals surface area contributed by atoms with E-state index in [0.717, 1.165) is 18.4 Å². The van der Waals surface area contributed by atoms with Crippen molar-refractivity contribution in [2.45, 2.75) is 32.7 Å². The van der Waals surface area contributed by atoms with E-state index in [1.807, 2.05) is 13.0 Å². The minimum Gasteiger partial charge on any atom is -0.449 e. The predicted octanol–water partition coefficient (Wildman–Crippen LogP) is 2.13. The van der Waals surface area contributed by atoms with E-state index in [9.17, 15) is 9.59 Å². The molecule has 0 radical (unpaired) electrons. The molecule has 2 aromatic rings. The molecule has 0 spiro atoms. The molecule has 0 aliphatic carbocycles. The standard InChI is InChI=1S/C17H20N4O3/c1-2-3-9-24-17(23)21-8-6-13-14(11-21)19-15(20-16(13)22)12-5-4-7-18-10-12/h4-5,7,10H,2-3,6,8-9,11H2,1H3,(H,19,20,22). The van der Waals surface area contributed by atoms with Gasteiger partial charge in [-0.05, 0) is 25.0 Å². The molecule has 7 heteroatoms. The minimum absolute atomic E-state index is 0.155. The van der Waals surface area contributed by atoms with Gasteiger partial charge in [-0.15, -0.1) is 0 Å². The Morgan fingerprint density at radius 3 is 3.08 bits per heavy atom. The van der Waals surface area contributed by atoms with Gasteiger partial charge in [0.2, 0.25) is 0 Å². The summed E-state index contributed by atoms with van der Waals surface area (Å²) >= 11 is 0. The quantitative estimate of drug-likeness (QED) is 0.869. The van der Waals surface area contributed by atoms with Crippen molar-refractivity contribution in [1.82, 2.24) is 19.9 Å². The van der Waals surface area contributed by atoms with Gasteiger partial charge < -0.3 is 14.6 Å². The number of hydrogen-bond acceptors (Lipinski definition) is 5. The number of carbonyl (C=O) groups is 1. The summed E-state index contributed by atoms with van der Waals surface area (Å²) in [6.07, 6.45) is 5.26. The number of nitrogens with one attached hydrogen (secondary N) is 1. The number of unbranched alkanes of at least 4 members (excludes halogenated alkanes) is 1. The van der Waals surface area contributed by atoms with Crippen molar-refractivity contribution in [2.24, 2.45) is 0 Å². The Morgan fingerprint density at radius 2 is 2.33 bits per heavy atom. The maximum absolute atomic E-state index is 12.3. The molecule has 0 fully saturated rings. The van der Waals surface area contributed by atoms with Crippen molar-refractivity contribution in [1.29, 1.82) is 0 Å². The SMILES string of the molecule is CCCCOC(=O)N1CCc2c(nc(-c3cccnc3)[nH]c2=O)C1. The number of ether oxygens (including phenoxy) is 1. The van der Waals surface area contributed by atoms with Crippen molar-refractivity contribution in [3.63, 3.8) is 0 Å². The van der Waals surface area contributed by atoms with Crippen molar-refractivity contribution in [3.8, 4) is 11.4 Å². The third kappa shape index (κ3) is 3.45. The van der Waals surface area contributed by atoms with Crippen LogP contribution in [0.4, 0.5) is 4.79 Å². The van der Waals surface area contributed by atoms with E-state index in [0.29, 0.717) is 36.7 Å². The number of fused-ring (bicyclic) bond motifs is 1. The van der Waals surface area contributed by atoms with Gasteiger partial charge in [0, 0.05) is 30.1 Å². The van der Waals surface area contributed by atoms with Gasteiger partial charge in [0.1, 0.15) is 5.82 Å². The number of aromatic nitrogens is 3. The lowest BCUT2D eigenvalue weighted by Gasteiger charge is -2.27. The first-order valence-electron chi connectivity index (χ1n) is 8.13. The van der Waals surface area contributed by atoms with E-state index < -0.39 is 0 Å². The van der Waals surface area contributed by atoms with Crippen LogP contribution in [0, 0.1) is 0 Å². The van der Waals surface area contributed by atoms with E-state index in [1.165, 1.54) is 0 Å². The number of carbonyl (C=O) groups excluding carboxylic acids is 1. The zero-order chi connectivity index (χ0) is 16.9. The summed E-state index contributed by atoms with van der Waals surface area (Å²) < 4.78 is 5.25. The van der Waals surface area contributed by atoms with Crippen molar-refractivity contribution in [2.75, 3.05) is 13.2 Å². The summed E-state index contributed by atoms with van der Waals surface area (Å²) in [5, 5.41) is 0. The van der Waals surface area contributed by atoms with Gasteiger partial charge in [0.15, 0.2) is 0 Å². The highest BCUT2D eigenvalue weighted by atomic mass is 16.6. The lowest BCUT2D eigenvalue weighted by Crippen LogP contribution is -2.39. The molecule has 0 unspecified atom stereocenters. The van der Waals surface area contributed by atoms with Gasteiger partial charge in [-0.25, -0.2) is 9.78 Å². The average Bonchev–Trinajstić information content (AvgIpc) is 2.62. The summed E-state index contributed by atoms with van der Waals surface area (Å²) in [7, 11) is 0. The zero-order valence-electron chi connectivity index (χ0n) is 13.6. The molecular weight excluding hydrogens is 308 g/mol. The lowest BCUT2D eigenvalue weighted by atomic mass is 10.1. The van der Waals surface area contributed by atoms with Crippen molar-refractivity contribution in [3.05, 3.63) is 46.1 Å². The van der Waals surface area contributed by atoms with Crippen LogP contribution in [0.5, 0.6) is 0 Å². The number of rotatable bonds is 4. The molecule has 1 aliphatic heterocycles. The minimum atomic E-state index is -0.348. The monoisotopic (exact) mass is 328 g/mol. The molecule has 1 amide bonds.